The third-order valence-electron chi connectivity index (χ3n) is 8.03. The number of hydrogen-bond acceptors (Lipinski definition) is 7. The van der Waals surface area contributed by atoms with Gasteiger partial charge in [-0.2, -0.15) is 0 Å². The second-order valence-electron chi connectivity index (χ2n) is 11.2. The molecular formula is C31H43N3O5. The van der Waals surface area contributed by atoms with E-state index in [0.29, 0.717) is 18.8 Å². The van der Waals surface area contributed by atoms with Gasteiger partial charge in [0.25, 0.3) is 0 Å². The molecule has 1 heterocycles. The molecule has 212 valence electrons. The maximum absolute atomic E-state index is 12.3. The van der Waals surface area contributed by atoms with Crippen molar-refractivity contribution < 1.29 is 24.1 Å². The van der Waals surface area contributed by atoms with Gasteiger partial charge in [-0.05, 0) is 96.1 Å². The lowest BCUT2D eigenvalue weighted by molar-refractivity contribution is -0.0811. The Kier molecular flexibility index (Phi) is 8.89. The molecule has 2 N–H and O–H groups in total. The van der Waals surface area contributed by atoms with Gasteiger partial charge in [0.15, 0.2) is 0 Å². The number of nitrogens with one attached hydrogen (secondary N) is 1. The lowest BCUT2D eigenvalue weighted by Crippen LogP contribution is -2.49. The van der Waals surface area contributed by atoms with E-state index < -0.39 is 11.8 Å². The first kappa shape index (κ1) is 28.9. The van der Waals surface area contributed by atoms with Crippen molar-refractivity contribution in [3.8, 4) is 11.6 Å². The molecule has 2 aromatic carbocycles. The maximum Gasteiger partial charge on any atom is 0.515 e. The van der Waals surface area contributed by atoms with Gasteiger partial charge >= 0.3 is 6.16 Å². The van der Waals surface area contributed by atoms with Crippen LogP contribution >= 0.6 is 0 Å². The van der Waals surface area contributed by atoms with Crippen LogP contribution in [0.3, 0.4) is 0 Å². The third-order valence-corrected chi connectivity index (χ3v) is 8.03. The van der Waals surface area contributed by atoms with Gasteiger partial charge in [-0.1, -0.05) is 18.2 Å². The fraction of sp³-hybridized carbons (Fsp3) is 0.516. The Labute approximate surface area is 231 Å². The number of aryl methyl sites for hydroxylation is 2. The van der Waals surface area contributed by atoms with Crippen LogP contribution in [0, 0.1) is 19.8 Å². The molecule has 1 aromatic heterocycles. The molecule has 1 aliphatic rings. The van der Waals surface area contributed by atoms with E-state index in [-0.39, 0.29) is 18.6 Å². The second-order valence-corrected chi connectivity index (χ2v) is 11.2. The van der Waals surface area contributed by atoms with Crippen molar-refractivity contribution in [3.63, 3.8) is 0 Å². The average molecular weight is 538 g/mol. The number of carbonyl (C=O) groups excluding carboxylic acids is 1. The minimum absolute atomic E-state index is 0.0309. The highest BCUT2D eigenvalue weighted by atomic mass is 16.7. The van der Waals surface area contributed by atoms with Crippen molar-refractivity contribution in [1.82, 2.24) is 14.8 Å². The lowest BCUT2D eigenvalue weighted by atomic mass is 9.69. The van der Waals surface area contributed by atoms with E-state index in [9.17, 15) is 9.90 Å². The SMILES string of the molecule is CCOC(=O)Oc1[nH]c2cc(C)cc(C)c2c1CN(C)C1CCC(O)(c2cccc(OC)c2)C(CN(C)C)C1. The number of aromatic nitrogens is 1. The van der Waals surface area contributed by atoms with Gasteiger partial charge in [0, 0.05) is 41.5 Å². The lowest BCUT2D eigenvalue weighted by Gasteiger charge is -2.46. The molecule has 8 nitrogen and oxygen atoms in total. The summed E-state index contributed by atoms with van der Waals surface area (Å²) in [4.78, 5) is 20.0. The number of H-pyrrole nitrogens is 1. The predicted molar refractivity (Wildman–Crippen MR) is 153 cm³/mol. The van der Waals surface area contributed by atoms with Crippen LogP contribution in [0.1, 0.15) is 48.4 Å². The van der Waals surface area contributed by atoms with E-state index >= 15 is 0 Å². The number of fused-ring (bicyclic) bond motifs is 1. The molecule has 4 rings (SSSR count). The van der Waals surface area contributed by atoms with Crippen LogP contribution in [0.2, 0.25) is 0 Å². The molecule has 3 atom stereocenters. The summed E-state index contributed by atoms with van der Waals surface area (Å²) in [6, 6.07) is 12.3. The van der Waals surface area contributed by atoms with Crippen LogP contribution in [0.15, 0.2) is 36.4 Å². The summed E-state index contributed by atoms with van der Waals surface area (Å²) in [7, 11) is 7.87. The Bertz CT molecular complexity index is 1300. The Morgan fingerprint density at radius 2 is 1.95 bits per heavy atom. The molecule has 1 aliphatic carbocycles. The number of nitrogens with zero attached hydrogens (tertiary/aromatic N) is 2. The minimum Gasteiger partial charge on any atom is -0.497 e. The highest BCUT2D eigenvalue weighted by Gasteiger charge is 2.44. The molecule has 1 fully saturated rings. The van der Waals surface area contributed by atoms with Gasteiger partial charge in [-0.25, -0.2) is 4.79 Å². The van der Waals surface area contributed by atoms with E-state index in [0.717, 1.165) is 58.3 Å². The molecule has 3 aromatic rings. The summed E-state index contributed by atoms with van der Waals surface area (Å²) >= 11 is 0. The van der Waals surface area contributed by atoms with Crippen molar-refractivity contribution in [2.45, 2.75) is 58.2 Å². The van der Waals surface area contributed by atoms with E-state index in [4.69, 9.17) is 14.2 Å². The Balaban J connectivity index is 1.62. The highest BCUT2D eigenvalue weighted by molar-refractivity contribution is 5.90. The Hall–Kier alpha value is -3.07. The van der Waals surface area contributed by atoms with Gasteiger partial charge in [-0.3, -0.25) is 4.90 Å². The number of aromatic amines is 1. The number of methoxy groups -OCH3 is 1. The first-order valence-corrected chi connectivity index (χ1v) is 13.7. The van der Waals surface area contributed by atoms with Crippen LogP contribution in [-0.2, 0) is 16.9 Å². The van der Waals surface area contributed by atoms with Gasteiger partial charge < -0.3 is 29.2 Å². The van der Waals surface area contributed by atoms with Gasteiger partial charge in [-0.15, -0.1) is 0 Å². The first-order chi connectivity index (χ1) is 18.5. The Morgan fingerprint density at radius 3 is 2.64 bits per heavy atom. The van der Waals surface area contributed by atoms with Crippen molar-refractivity contribution in [2.75, 3.05) is 41.4 Å². The van der Waals surface area contributed by atoms with Crippen LogP contribution in [0.5, 0.6) is 11.6 Å². The van der Waals surface area contributed by atoms with E-state index in [1.807, 2.05) is 24.3 Å². The van der Waals surface area contributed by atoms with Crippen molar-refractivity contribution in [3.05, 3.63) is 58.7 Å². The molecule has 0 spiro atoms. The molecule has 39 heavy (non-hydrogen) atoms. The Morgan fingerprint density at radius 1 is 1.18 bits per heavy atom. The van der Waals surface area contributed by atoms with Crippen LogP contribution < -0.4 is 9.47 Å². The quantitative estimate of drug-likeness (QED) is 0.355. The molecule has 1 saturated carbocycles. The fourth-order valence-electron chi connectivity index (χ4n) is 6.20. The molecular weight excluding hydrogens is 494 g/mol. The van der Waals surface area contributed by atoms with Crippen LogP contribution in [0.25, 0.3) is 10.9 Å². The van der Waals surface area contributed by atoms with Gasteiger partial charge in [0.05, 0.1) is 19.3 Å². The normalized spacial score (nSPS) is 21.5. The van der Waals surface area contributed by atoms with Crippen molar-refractivity contribution >= 4 is 17.1 Å². The third kappa shape index (κ3) is 6.24. The van der Waals surface area contributed by atoms with E-state index in [1.165, 1.54) is 0 Å². The second kappa shape index (κ2) is 12.0. The van der Waals surface area contributed by atoms with Crippen molar-refractivity contribution in [1.29, 1.82) is 0 Å². The summed E-state index contributed by atoms with van der Waals surface area (Å²) in [5, 5.41) is 13.1. The maximum atomic E-state index is 12.3. The molecule has 0 amide bonds. The summed E-state index contributed by atoms with van der Waals surface area (Å²) in [5.74, 6) is 1.21. The molecule has 0 aliphatic heterocycles. The standard InChI is InChI=1S/C31H43N3O5/c1-8-38-30(35)39-29-26(28-21(3)14-20(2)15-27(28)32-29)19-34(6)24-12-13-31(36,23(16-24)18-33(4)5)22-10-9-11-25(17-22)37-7/h9-11,14-15,17,23-24,32,36H,8,12-13,16,18-19H2,1-7H3. The monoisotopic (exact) mass is 537 g/mol. The van der Waals surface area contributed by atoms with Crippen LogP contribution in [0.4, 0.5) is 4.79 Å². The minimum atomic E-state index is -0.941. The topological polar surface area (TPSA) is 87.3 Å². The summed E-state index contributed by atoms with van der Waals surface area (Å²) < 4.78 is 16.2. The van der Waals surface area contributed by atoms with E-state index in [1.54, 1.807) is 14.0 Å². The summed E-state index contributed by atoms with van der Waals surface area (Å²) in [6.07, 6.45) is 1.60. The highest BCUT2D eigenvalue weighted by Crippen LogP contribution is 2.44. The number of rotatable bonds is 9. The van der Waals surface area contributed by atoms with Gasteiger partial charge in [0.2, 0.25) is 5.88 Å². The average Bonchev–Trinajstić information content (AvgIpc) is 3.21. The number of ether oxygens (including phenoxy) is 3. The number of benzene rings is 2. The molecule has 8 heteroatoms. The molecule has 0 bridgehead atoms. The number of hydrogen-bond donors (Lipinski definition) is 2. The van der Waals surface area contributed by atoms with Crippen molar-refractivity contribution in [2.24, 2.45) is 5.92 Å². The number of aliphatic hydroxyl groups is 1. The number of carbonyl (C=O) groups is 1. The zero-order valence-corrected chi connectivity index (χ0v) is 24.3. The fourth-order valence-corrected chi connectivity index (χ4v) is 6.20. The zero-order valence-electron chi connectivity index (χ0n) is 24.3. The smallest absolute Gasteiger partial charge is 0.497 e. The molecule has 0 radical (unpaired) electrons. The summed E-state index contributed by atoms with van der Waals surface area (Å²) in [5.41, 5.74) is 4.11. The molecule has 3 unspecified atom stereocenters. The first-order valence-electron chi connectivity index (χ1n) is 13.7. The molecule has 0 saturated heterocycles. The zero-order chi connectivity index (χ0) is 28.3. The summed E-state index contributed by atoms with van der Waals surface area (Å²) in [6.45, 7) is 7.51. The van der Waals surface area contributed by atoms with Gasteiger partial charge in [0.1, 0.15) is 5.75 Å². The predicted octanol–water partition coefficient (Wildman–Crippen LogP) is 5.38. The van der Waals surface area contributed by atoms with E-state index in [2.05, 4.69) is 61.9 Å². The van der Waals surface area contributed by atoms with Crippen LogP contribution in [-0.4, -0.2) is 73.5 Å². The largest absolute Gasteiger partial charge is 0.515 e.